The molecular weight excluding hydrogens is 480 g/mol. The lowest BCUT2D eigenvalue weighted by atomic mass is 10.1. The van der Waals surface area contributed by atoms with Gasteiger partial charge in [0, 0.05) is 49.9 Å². The number of nitro groups is 2. The molecule has 1 saturated heterocycles. The highest BCUT2D eigenvalue weighted by Crippen LogP contribution is 2.33. The molecule has 0 spiro atoms. The monoisotopic (exact) mass is 502 g/mol. The fraction of sp³-hybridized carbons (Fsp3) is 0.200. The first-order chi connectivity index (χ1) is 17.8. The first-order valence-corrected chi connectivity index (χ1v) is 11.5. The average Bonchev–Trinajstić information content (AvgIpc) is 3.32. The number of carbonyl (C=O) groups is 1. The predicted octanol–water partition coefficient (Wildman–Crippen LogP) is 4.32. The van der Waals surface area contributed by atoms with Crippen LogP contribution in [0.5, 0.6) is 0 Å². The van der Waals surface area contributed by atoms with Crippen molar-refractivity contribution in [2.75, 3.05) is 43.4 Å². The summed E-state index contributed by atoms with van der Waals surface area (Å²) in [6.07, 6.45) is 0. The lowest BCUT2D eigenvalue weighted by Gasteiger charge is -2.33. The van der Waals surface area contributed by atoms with E-state index in [4.69, 9.17) is 4.42 Å². The Kier molecular flexibility index (Phi) is 6.24. The van der Waals surface area contributed by atoms with Gasteiger partial charge in [-0.05, 0) is 37.4 Å². The lowest BCUT2D eigenvalue weighted by molar-refractivity contribution is -0.384. The number of carbonyl (C=O) groups excluding carboxylic acids is 1. The highest BCUT2D eigenvalue weighted by molar-refractivity contribution is 6.06. The Labute approximate surface area is 210 Å². The predicted molar refractivity (Wildman–Crippen MR) is 137 cm³/mol. The average molecular weight is 502 g/mol. The Morgan fingerprint density at radius 3 is 2.46 bits per heavy atom. The Morgan fingerprint density at radius 2 is 1.73 bits per heavy atom. The van der Waals surface area contributed by atoms with Crippen molar-refractivity contribution in [3.05, 3.63) is 86.5 Å². The minimum atomic E-state index is -0.535. The van der Waals surface area contributed by atoms with Crippen LogP contribution in [0.3, 0.4) is 0 Å². The van der Waals surface area contributed by atoms with Crippen molar-refractivity contribution in [2.45, 2.75) is 0 Å². The van der Waals surface area contributed by atoms with E-state index in [0.29, 0.717) is 41.1 Å². The number of para-hydroxylation sites is 1. The number of aromatic nitrogens is 1. The summed E-state index contributed by atoms with van der Waals surface area (Å²) in [5, 5.41) is 25.7. The molecule has 188 valence electrons. The van der Waals surface area contributed by atoms with E-state index in [1.165, 1.54) is 24.3 Å². The first kappa shape index (κ1) is 23.9. The van der Waals surface area contributed by atoms with E-state index in [1.807, 2.05) is 11.9 Å². The molecule has 0 bridgehead atoms. The highest BCUT2D eigenvalue weighted by Gasteiger charge is 2.25. The molecule has 1 aromatic heterocycles. The minimum absolute atomic E-state index is 0.115. The maximum absolute atomic E-state index is 13.1. The molecule has 1 aliphatic rings. The Balaban J connectivity index is 1.43. The van der Waals surface area contributed by atoms with Crippen LogP contribution in [0.15, 0.2) is 65.1 Å². The molecule has 3 aromatic carbocycles. The van der Waals surface area contributed by atoms with Gasteiger partial charge in [-0.3, -0.25) is 25.0 Å². The van der Waals surface area contributed by atoms with Crippen LogP contribution in [-0.2, 0) is 0 Å². The van der Waals surface area contributed by atoms with Crippen molar-refractivity contribution in [3.8, 4) is 11.5 Å². The number of nitrogens with one attached hydrogen (secondary N) is 1. The molecule has 1 aliphatic heterocycles. The van der Waals surface area contributed by atoms with Crippen LogP contribution in [0, 0.1) is 20.2 Å². The van der Waals surface area contributed by atoms with Gasteiger partial charge in [0.1, 0.15) is 11.2 Å². The number of fused-ring (bicyclic) bond motifs is 1. The number of likely N-dealkylation sites (N-methyl/N-ethyl adjacent to an activating group) is 1. The van der Waals surface area contributed by atoms with E-state index in [2.05, 4.69) is 15.2 Å². The van der Waals surface area contributed by atoms with E-state index in [9.17, 15) is 25.0 Å². The fourth-order valence-corrected chi connectivity index (χ4v) is 4.24. The third kappa shape index (κ3) is 4.82. The molecule has 0 aliphatic carbocycles. The molecule has 1 fully saturated rings. The third-order valence-corrected chi connectivity index (χ3v) is 6.27. The molecule has 1 N–H and O–H groups in total. The van der Waals surface area contributed by atoms with E-state index in [1.54, 1.807) is 36.4 Å². The third-order valence-electron chi connectivity index (χ3n) is 6.27. The van der Waals surface area contributed by atoms with Crippen LogP contribution < -0.4 is 10.2 Å². The Hall–Kier alpha value is -4.84. The summed E-state index contributed by atoms with van der Waals surface area (Å²) < 4.78 is 5.77. The standard InChI is InChI=1S/C25H22N6O6/c1-28-10-12-29(13-11-28)21-8-6-16(14-22(21)31(35)36)24(32)26-19-5-3-2-4-18(19)25-27-20-15-17(30(33)34)7-9-23(20)37-25/h2-9,14-15H,10-13H2,1H3,(H,26,32). The van der Waals surface area contributed by atoms with Crippen molar-refractivity contribution < 1.29 is 19.1 Å². The van der Waals surface area contributed by atoms with Gasteiger partial charge in [-0.2, -0.15) is 0 Å². The van der Waals surface area contributed by atoms with E-state index in [0.717, 1.165) is 13.1 Å². The van der Waals surface area contributed by atoms with Gasteiger partial charge in [-0.15, -0.1) is 0 Å². The number of oxazole rings is 1. The molecule has 0 atom stereocenters. The molecule has 12 heteroatoms. The van der Waals surface area contributed by atoms with Crippen LogP contribution in [-0.4, -0.2) is 58.9 Å². The van der Waals surface area contributed by atoms with Gasteiger partial charge < -0.3 is 19.5 Å². The van der Waals surface area contributed by atoms with Crippen molar-refractivity contribution in [2.24, 2.45) is 0 Å². The number of amides is 1. The Morgan fingerprint density at radius 1 is 0.973 bits per heavy atom. The smallest absolute Gasteiger partial charge is 0.293 e. The fourth-order valence-electron chi connectivity index (χ4n) is 4.24. The van der Waals surface area contributed by atoms with Crippen LogP contribution >= 0.6 is 0 Å². The maximum atomic E-state index is 13.1. The van der Waals surface area contributed by atoms with Crippen molar-refractivity contribution in [3.63, 3.8) is 0 Å². The van der Waals surface area contributed by atoms with Gasteiger partial charge in [-0.1, -0.05) is 12.1 Å². The minimum Gasteiger partial charge on any atom is -0.436 e. The number of benzene rings is 3. The lowest BCUT2D eigenvalue weighted by Crippen LogP contribution is -2.44. The number of rotatable bonds is 6. The second-order valence-electron chi connectivity index (χ2n) is 8.68. The molecular formula is C25H22N6O6. The summed E-state index contributed by atoms with van der Waals surface area (Å²) in [5.74, 6) is -0.366. The number of hydrogen-bond donors (Lipinski definition) is 1. The number of anilines is 2. The molecule has 12 nitrogen and oxygen atoms in total. The maximum Gasteiger partial charge on any atom is 0.293 e. The number of non-ortho nitro benzene ring substituents is 1. The van der Waals surface area contributed by atoms with Crippen molar-refractivity contribution in [1.82, 2.24) is 9.88 Å². The molecule has 0 unspecified atom stereocenters. The second kappa shape index (κ2) is 9.66. The summed E-state index contributed by atoms with van der Waals surface area (Å²) in [7, 11) is 2.00. The van der Waals surface area contributed by atoms with Crippen LogP contribution in [0.25, 0.3) is 22.6 Å². The summed E-state index contributed by atoms with van der Waals surface area (Å²) >= 11 is 0. The number of piperazine rings is 1. The summed E-state index contributed by atoms with van der Waals surface area (Å²) in [4.78, 5) is 43.5. The molecule has 0 radical (unpaired) electrons. The second-order valence-corrected chi connectivity index (χ2v) is 8.68. The highest BCUT2D eigenvalue weighted by atomic mass is 16.6. The summed E-state index contributed by atoms with van der Waals surface area (Å²) in [6.45, 7) is 2.90. The zero-order chi connectivity index (χ0) is 26.1. The van der Waals surface area contributed by atoms with Gasteiger partial charge in [0.2, 0.25) is 5.89 Å². The SMILES string of the molecule is CN1CCN(c2ccc(C(=O)Nc3ccccc3-c3nc4cc([N+](=O)[O-])ccc4o3)cc2[N+](=O)[O-])CC1. The zero-order valence-electron chi connectivity index (χ0n) is 19.8. The van der Waals surface area contributed by atoms with Gasteiger partial charge in [0.25, 0.3) is 17.3 Å². The van der Waals surface area contributed by atoms with Crippen LogP contribution in [0.4, 0.5) is 22.7 Å². The van der Waals surface area contributed by atoms with E-state index >= 15 is 0 Å². The normalized spacial score (nSPS) is 14.0. The van der Waals surface area contributed by atoms with Gasteiger partial charge in [-0.25, -0.2) is 4.98 Å². The molecule has 2 heterocycles. The number of hydrogen-bond acceptors (Lipinski definition) is 9. The molecule has 1 amide bonds. The van der Waals surface area contributed by atoms with Gasteiger partial charge in [0.15, 0.2) is 5.58 Å². The Bertz CT molecular complexity index is 1530. The van der Waals surface area contributed by atoms with Crippen molar-refractivity contribution >= 4 is 39.8 Å². The molecule has 5 rings (SSSR count). The summed E-state index contributed by atoms with van der Waals surface area (Å²) in [5.41, 5.74) is 1.86. The van der Waals surface area contributed by atoms with E-state index in [-0.39, 0.29) is 22.8 Å². The number of nitrogens with zero attached hydrogens (tertiary/aromatic N) is 5. The molecule has 37 heavy (non-hydrogen) atoms. The van der Waals surface area contributed by atoms with Crippen molar-refractivity contribution in [1.29, 1.82) is 0 Å². The molecule has 4 aromatic rings. The van der Waals surface area contributed by atoms with Crippen LogP contribution in [0.1, 0.15) is 10.4 Å². The van der Waals surface area contributed by atoms with Gasteiger partial charge in [0.05, 0.1) is 21.1 Å². The largest absolute Gasteiger partial charge is 0.436 e. The topological polar surface area (TPSA) is 148 Å². The van der Waals surface area contributed by atoms with Crippen LogP contribution in [0.2, 0.25) is 0 Å². The summed E-state index contributed by atoms with van der Waals surface area (Å²) in [6, 6.07) is 15.3. The first-order valence-electron chi connectivity index (χ1n) is 11.5. The van der Waals surface area contributed by atoms with E-state index < -0.39 is 15.8 Å². The number of nitro benzene ring substituents is 2. The quantitative estimate of drug-likeness (QED) is 0.301. The molecule has 0 saturated carbocycles. The zero-order valence-corrected chi connectivity index (χ0v) is 19.8. The van der Waals surface area contributed by atoms with Gasteiger partial charge >= 0.3 is 0 Å².